The quantitative estimate of drug-likeness (QED) is 0.741. The summed E-state index contributed by atoms with van der Waals surface area (Å²) in [5.41, 5.74) is 1.54. The van der Waals surface area contributed by atoms with E-state index in [9.17, 15) is 26.7 Å². The van der Waals surface area contributed by atoms with Crippen molar-refractivity contribution in [2.45, 2.75) is 32.4 Å². The van der Waals surface area contributed by atoms with Crippen LogP contribution in [-0.2, 0) is 11.2 Å². The summed E-state index contributed by atoms with van der Waals surface area (Å²) in [5, 5.41) is 0. The summed E-state index contributed by atoms with van der Waals surface area (Å²) in [7, 11) is 1.47. The molecule has 23 heavy (non-hydrogen) atoms. The molecule has 0 unspecified atom stereocenters. The number of carbonyl (C=O) groups excluding carboxylic acids is 1. The van der Waals surface area contributed by atoms with Crippen LogP contribution < -0.4 is 4.74 Å². The van der Waals surface area contributed by atoms with Crippen molar-refractivity contribution in [2.24, 2.45) is 0 Å². The number of ether oxygens (including phenoxy) is 1. The molecule has 0 aliphatic heterocycles. The van der Waals surface area contributed by atoms with Crippen LogP contribution in [0.1, 0.15) is 18.1 Å². The number of alkyl halides is 5. The molecule has 1 aromatic rings. The lowest BCUT2D eigenvalue weighted by Gasteiger charge is -2.27. The first-order valence-corrected chi connectivity index (χ1v) is 6.92. The molecule has 130 valence electrons. The average molecular weight is 339 g/mol. The molecule has 0 aromatic heterocycles. The van der Waals surface area contributed by atoms with Crippen molar-refractivity contribution >= 4 is 5.91 Å². The van der Waals surface area contributed by atoms with Gasteiger partial charge in [0.1, 0.15) is 5.75 Å². The van der Waals surface area contributed by atoms with E-state index in [1.54, 1.807) is 18.2 Å². The normalized spacial score (nSPS) is 12.2. The van der Waals surface area contributed by atoms with Crippen LogP contribution in [0, 0.1) is 6.92 Å². The zero-order chi connectivity index (χ0) is 17.8. The third-order valence-electron chi connectivity index (χ3n) is 3.44. The van der Waals surface area contributed by atoms with Crippen molar-refractivity contribution < 1.29 is 31.5 Å². The van der Waals surface area contributed by atoms with Crippen LogP contribution in [0.15, 0.2) is 18.2 Å². The fraction of sp³-hybridized carbons (Fsp3) is 0.533. The van der Waals surface area contributed by atoms with Crippen LogP contribution in [0.25, 0.3) is 0 Å². The lowest BCUT2D eigenvalue weighted by atomic mass is 10.1. The summed E-state index contributed by atoms with van der Waals surface area (Å²) >= 11 is 0. The maximum Gasteiger partial charge on any atom is 0.463 e. The van der Waals surface area contributed by atoms with Crippen molar-refractivity contribution in [1.29, 1.82) is 0 Å². The molecule has 0 fully saturated rings. The van der Waals surface area contributed by atoms with Crippen LogP contribution in [0.2, 0.25) is 0 Å². The minimum absolute atomic E-state index is 0.143. The van der Waals surface area contributed by atoms with E-state index in [1.807, 2.05) is 6.92 Å². The highest BCUT2D eigenvalue weighted by molar-refractivity contribution is 5.84. The molecule has 1 amide bonds. The Labute approximate surface area is 131 Å². The smallest absolute Gasteiger partial charge is 0.463 e. The number of aryl methyl sites for hydroxylation is 1. The van der Waals surface area contributed by atoms with E-state index in [1.165, 1.54) is 14.0 Å². The minimum Gasteiger partial charge on any atom is -0.496 e. The number of likely N-dealkylation sites (N-methyl/N-ethyl adjacent to an activating group) is 1. The van der Waals surface area contributed by atoms with Gasteiger partial charge in [0.2, 0.25) is 0 Å². The summed E-state index contributed by atoms with van der Waals surface area (Å²) in [6.45, 7) is 2.68. The van der Waals surface area contributed by atoms with Gasteiger partial charge in [-0.15, -0.1) is 0 Å². The molecule has 1 rings (SSSR count). The van der Waals surface area contributed by atoms with Crippen molar-refractivity contribution in [2.75, 3.05) is 20.2 Å². The lowest BCUT2D eigenvalue weighted by Crippen LogP contribution is -2.52. The predicted molar refractivity (Wildman–Crippen MR) is 74.7 cm³/mol. The van der Waals surface area contributed by atoms with Gasteiger partial charge in [0, 0.05) is 13.1 Å². The van der Waals surface area contributed by atoms with Gasteiger partial charge in [-0.3, -0.25) is 4.79 Å². The highest BCUT2D eigenvalue weighted by Gasteiger charge is 2.64. The van der Waals surface area contributed by atoms with Crippen molar-refractivity contribution in [3.63, 3.8) is 0 Å². The Bertz CT molecular complexity index is 557. The van der Waals surface area contributed by atoms with E-state index >= 15 is 0 Å². The molecule has 0 saturated heterocycles. The first-order valence-electron chi connectivity index (χ1n) is 6.92. The fourth-order valence-electron chi connectivity index (χ4n) is 2.01. The number of halogens is 5. The van der Waals surface area contributed by atoms with Gasteiger partial charge in [-0.25, -0.2) is 0 Å². The molecule has 3 nitrogen and oxygen atoms in total. The van der Waals surface area contributed by atoms with E-state index in [2.05, 4.69) is 0 Å². The topological polar surface area (TPSA) is 29.5 Å². The monoisotopic (exact) mass is 339 g/mol. The number of carbonyl (C=O) groups is 1. The highest BCUT2D eigenvalue weighted by atomic mass is 19.4. The molecule has 0 atom stereocenters. The molecule has 0 N–H and O–H groups in total. The SMILES string of the molecule is CCN(CCc1ccc(C)c(OC)c1)C(=O)C(F)(F)C(F)(F)F. The number of methoxy groups -OCH3 is 1. The van der Waals surface area contributed by atoms with Gasteiger partial charge in [0.25, 0.3) is 0 Å². The molecular weight excluding hydrogens is 321 g/mol. The van der Waals surface area contributed by atoms with E-state index in [-0.39, 0.29) is 19.5 Å². The fourth-order valence-corrected chi connectivity index (χ4v) is 2.01. The largest absolute Gasteiger partial charge is 0.496 e. The van der Waals surface area contributed by atoms with Crippen LogP contribution in [0.3, 0.4) is 0 Å². The van der Waals surface area contributed by atoms with E-state index in [0.29, 0.717) is 16.2 Å². The highest BCUT2D eigenvalue weighted by Crippen LogP contribution is 2.36. The maximum absolute atomic E-state index is 13.1. The Hall–Kier alpha value is -1.86. The zero-order valence-corrected chi connectivity index (χ0v) is 13.0. The lowest BCUT2D eigenvalue weighted by molar-refractivity contribution is -0.274. The van der Waals surface area contributed by atoms with Crippen molar-refractivity contribution in [1.82, 2.24) is 4.90 Å². The second kappa shape index (κ2) is 7.14. The summed E-state index contributed by atoms with van der Waals surface area (Å²) in [6.07, 6.45) is -5.76. The Morgan fingerprint density at radius 1 is 1.22 bits per heavy atom. The van der Waals surface area contributed by atoms with Crippen molar-refractivity contribution in [3.8, 4) is 5.75 Å². The first kappa shape index (κ1) is 19.2. The summed E-state index contributed by atoms with van der Waals surface area (Å²) in [4.78, 5) is 12.0. The second-order valence-corrected chi connectivity index (χ2v) is 5.01. The zero-order valence-electron chi connectivity index (χ0n) is 13.0. The Kier molecular flexibility index (Phi) is 5.96. The summed E-state index contributed by atoms with van der Waals surface area (Å²) < 4.78 is 68.2. The Morgan fingerprint density at radius 2 is 1.83 bits per heavy atom. The molecule has 0 heterocycles. The number of hydrogen-bond donors (Lipinski definition) is 0. The number of hydrogen-bond acceptors (Lipinski definition) is 2. The van der Waals surface area contributed by atoms with Gasteiger partial charge in [-0.1, -0.05) is 12.1 Å². The third-order valence-corrected chi connectivity index (χ3v) is 3.44. The van der Waals surface area contributed by atoms with Crippen LogP contribution in [0.5, 0.6) is 5.75 Å². The predicted octanol–water partition coefficient (Wildman–Crippen LogP) is 3.59. The van der Waals surface area contributed by atoms with Gasteiger partial charge in [-0.05, 0) is 37.5 Å². The second-order valence-electron chi connectivity index (χ2n) is 5.01. The van der Waals surface area contributed by atoms with Gasteiger partial charge < -0.3 is 9.64 Å². The van der Waals surface area contributed by atoms with Crippen molar-refractivity contribution in [3.05, 3.63) is 29.3 Å². The number of amides is 1. The standard InChI is InChI=1S/C15H18F5NO2/c1-4-21(13(22)14(16,17)15(18,19)20)8-7-11-6-5-10(2)12(9-11)23-3/h5-6,9H,4,7-8H2,1-3H3. The van der Waals surface area contributed by atoms with Crippen LogP contribution >= 0.6 is 0 Å². The molecule has 1 aromatic carbocycles. The number of rotatable bonds is 6. The van der Waals surface area contributed by atoms with Crippen LogP contribution in [-0.4, -0.2) is 43.1 Å². The van der Waals surface area contributed by atoms with E-state index in [0.717, 1.165) is 5.56 Å². The van der Waals surface area contributed by atoms with E-state index in [4.69, 9.17) is 4.74 Å². The van der Waals surface area contributed by atoms with Gasteiger partial charge in [-0.2, -0.15) is 22.0 Å². The average Bonchev–Trinajstić information content (AvgIpc) is 2.47. The first-order chi connectivity index (χ1) is 10.5. The maximum atomic E-state index is 13.1. The third kappa shape index (κ3) is 4.33. The Morgan fingerprint density at radius 3 is 2.30 bits per heavy atom. The molecule has 0 radical (unpaired) electrons. The molecule has 0 spiro atoms. The molecular formula is C15H18F5NO2. The minimum atomic E-state index is -5.90. The molecule has 0 saturated carbocycles. The number of benzene rings is 1. The number of nitrogens with zero attached hydrogens (tertiary/aromatic N) is 1. The molecule has 0 aliphatic rings. The molecule has 0 aliphatic carbocycles. The summed E-state index contributed by atoms with van der Waals surface area (Å²) in [6, 6.07) is 5.12. The van der Waals surface area contributed by atoms with E-state index < -0.39 is 18.0 Å². The van der Waals surface area contributed by atoms with Crippen LogP contribution in [0.4, 0.5) is 22.0 Å². The van der Waals surface area contributed by atoms with Gasteiger partial charge in [0.15, 0.2) is 0 Å². The summed E-state index contributed by atoms with van der Waals surface area (Å²) in [5.74, 6) is -7.03. The Balaban J connectivity index is 2.83. The molecule has 0 bridgehead atoms. The van der Waals surface area contributed by atoms with Gasteiger partial charge >= 0.3 is 18.0 Å². The van der Waals surface area contributed by atoms with Gasteiger partial charge in [0.05, 0.1) is 7.11 Å². The molecule has 8 heteroatoms.